The van der Waals surface area contributed by atoms with Crippen molar-refractivity contribution in [2.75, 3.05) is 13.1 Å². The number of aryl methyl sites for hydroxylation is 12. The third-order valence-electron chi connectivity index (χ3n) is 10.1. The molecule has 0 atom stereocenters. The molecule has 0 saturated heterocycles. The Bertz CT molecular complexity index is 1970. The number of rotatable bonds is 10. The molecule has 0 radical (unpaired) electrons. The average molecular weight is 866 g/mol. The zero-order valence-corrected chi connectivity index (χ0v) is 41.2. The second-order valence-corrected chi connectivity index (χ2v) is 15.7. The van der Waals surface area contributed by atoms with E-state index in [0.29, 0.717) is 11.9 Å². The summed E-state index contributed by atoms with van der Waals surface area (Å²) in [7, 11) is 0. The molecular formula is C52H66N6Zr. The summed E-state index contributed by atoms with van der Waals surface area (Å²) in [4.78, 5) is 19.3. The summed E-state index contributed by atoms with van der Waals surface area (Å²) >= 11 is 0. The van der Waals surface area contributed by atoms with Gasteiger partial charge in [-0.25, -0.2) is 0 Å². The molecule has 0 unspecified atom stereocenters. The molecule has 0 aliphatic carbocycles. The molecule has 0 N–H and O–H groups in total. The van der Waals surface area contributed by atoms with E-state index in [-0.39, 0.29) is 41.1 Å². The van der Waals surface area contributed by atoms with Gasteiger partial charge in [0.25, 0.3) is 0 Å². The Labute approximate surface area is 376 Å². The van der Waals surface area contributed by atoms with Crippen LogP contribution in [0.3, 0.4) is 0 Å². The first kappa shape index (κ1) is 50.7. The standard InChI is InChI=1S/2C25H30N3.2CH3.Zr/c2*1-8-9-26-25-27-21(23-17(4)10-15(2)11-18(23)5)14-22(28-25)24-19(6)12-16(3)13-20(24)7;;;/h2*10-14H,8-9H2,1-7H3;2*1H3;/q4*-1;+4. The molecular weight excluding hydrogens is 800 g/mol. The van der Waals surface area contributed by atoms with Crippen molar-refractivity contribution in [2.24, 2.45) is 0 Å². The van der Waals surface area contributed by atoms with Crippen LogP contribution in [0.25, 0.3) is 55.7 Å². The fourth-order valence-corrected chi connectivity index (χ4v) is 8.28. The van der Waals surface area contributed by atoms with Gasteiger partial charge in [-0.15, -0.1) is 0 Å². The number of aromatic nitrogens is 4. The summed E-state index contributed by atoms with van der Waals surface area (Å²) in [6, 6.07) is 22.0. The third-order valence-corrected chi connectivity index (χ3v) is 10.1. The van der Waals surface area contributed by atoms with Crippen molar-refractivity contribution in [3.05, 3.63) is 153 Å². The molecule has 2 heterocycles. The van der Waals surface area contributed by atoms with Crippen molar-refractivity contribution < 1.29 is 26.2 Å². The molecule has 7 heteroatoms. The average Bonchev–Trinajstić information content (AvgIpc) is 3.08. The topological polar surface area (TPSA) is 79.8 Å². The van der Waals surface area contributed by atoms with Crippen LogP contribution in [0.1, 0.15) is 93.5 Å². The largest absolute Gasteiger partial charge is 4.00 e. The normalized spacial score (nSPS) is 10.4. The van der Waals surface area contributed by atoms with Gasteiger partial charge in [0.15, 0.2) is 0 Å². The van der Waals surface area contributed by atoms with E-state index in [1.165, 1.54) is 89.0 Å². The molecule has 4 aromatic carbocycles. The molecule has 6 aromatic rings. The molecule has 0 saturated carbocycles. The molecule has 0 fully saturated rings. The van der Waals surface area contributed by atoms with E-state index >= 15 is 0 Å². The summed E-state index contributed by atoms with van der Waals surface area (Å²) in [5.74, 6) is 1.15. The summed E-state index contributed by atoms with van der Waals surface area (Å²) in [5, 5.41) is 9.26. The first-order valence-electron chi connectivity index (χ1n) is 20.1. The van der Waals surface area contributed by atoms with Crippen molar-refractivity contribution in [2.45, 2.75) is 110 Å². The monoisotopic (exact) mass is 864 g/mol. The van der Waals surface area contributed by atoms with Gasteiger partial charge in [-0.2, -0.15) is 0 Å². The Hall–Kier alpha value is -4.48. The predicted molar refractivity (Wildman–Crippen MR) is 252 cm³/mol. The fourth-order valence-electron chi connectivity index (χ4n) is 8.28. The maximum atomic E-state index is 4.82. The van der Waals surface area contributed by atoms with Gasteiger partial charge in [0.05, 0.1) is 0 Å². The molecule has 6 nitrogen and oxygen atoms in total. The van der Waals surface area contributed by atoms with Crippen molar-refractivity contribution in [1.29, 1.82) is 0 Å². The molecule has 308 valence electrons. The number of nitrogens with zero attached hydrogens (tertiary/aromatic N) is 6. The molecule has 6 rings (SSSR count). The van der Waals surface area contributed by atoms with E-state index in [9.17, 15) is 0 Å². The van der Waals surface area contributed by atoms with E-state index < -0.39 is 0 Å². The second-order valence-electron chi connectivity index (χ2n) is 15.7. The zero-order chi connectivity index (χ0) is 40.8. The summed E-state index contributed by atoms with van der Waals surface area (Å²) in [5.41, 5.74) is 23.5. The Morgan fingerprint density at radius 3 is 0.695 bits per heavy atom. The smallest absolute Gasteiger partial charge is 0.393 e. The molecule has 59 heavy (non-hydrogen) atoms. The summed E-state index contributed by atoms with van der Waals surface area (Å²) in [6.07, 6.45) is 1.96. The summed E-state index contributed by atoms with van der Waals surface area (Å²) < 4.78 is 0. The van der Waals surface area contributed by atoms with E-state index in [1.807, 2.05) is 0 Å². The molecule has 0 aliphatic rings. The number of hydrogen-bond acceptors (Lipinski definition) is 4. The molecule has 0 spiro atoms. The van der Waals surface area contributed by atoms with Crippen LogP contribution < -0.4 is 0 Å². The van der Waals surface area contributed by atoms with Gasteiger partial charge < -0.3 is 45.4 Å². The Morgan fingerprint density at radius 2 is 0.525 bits per heavy atom. The SMILES string of the molecule is CCC[N-]c1nc(-c2c(C)cc(C)cc2C)cc(-c2c(C)cc(C)cc2C)n1.CCC[N-]c1nc(-c2c(C)cc(C)cc2C)cc(-c2c(C)cc(C)cc2C)n1.[CH3-].[CH3-].[Zr+4]. The third kappa shape index (κ3) is 12.3. The minimum Gasteiger partial charge on any atom is -0.393 e. The maximum Gasteiger partial charge on any atom is 4.00 e. The predicted octanol–water partition coefficient (Wildman–Crippen LogP) is 15.1. The van der Waals surface area contributed by atoms with E-state index in [1.54, 1.807) is 0 Å². The van der Waals surface area contributed by atoms with Crippen LogP contribution in [0.2, 0.25) is 0 Å². The Balaban J connectivity index is 0.000000387. The molecule has 0 bridgehead atoms. The van der Waals surface area contributed by atoms with Crippen LogP contribution in [-0.2, 0) is 26.2 Å². The van der Waals surface area contributed by atoms with Gasteiger partial charge in [-0.1, -0.05) is 97.5 Å². The number of hydrogen-bond donors (Lipinski definition) is 0. The van der Waals surface area contributed by atoms with Gasteiger partial charge in [0, 0.05) is 34.7 Å². The molecule has 0 amide bonds. The Morgan fingerprint density at radius 1 is 0.339 bits per heavy atom. The number of benzene rings is 4. The van der Waals surface area contributed by atoms with E-state index in [0.717, 1.165) is 48.7 Å². The zero-order valence-electron chi connectivity index (χ0n) is 38.8. The van der Waals surface area contributed by atoms with Gasteiger partial charge in [-0.05, 0) is 175 Å². The first-order chi connectivity index (χ1) is 26.6. The maximum absolute atomic E-state index is 4.82. The van der Waals surface area contributed by atoms with Gasteiger partial charge in [0.2, 0.25) is 0 Å². The second kappa shape index (κ2) is 22.2. The minimum atomic E-state index is 0. The van der Waals surface area contributed by atoms with Crippen molar-refractivity contribution >= 4 is 11.9 Å². The van der Waals surface area contributed by atoms with Crippen LogP contribution in [0.15, 0.2) is 60.7 Å². The first-order valence-corrected chi connectivity index (χ1v) is 20.1. The van der Waals surface area contributed by atoms with Gasteiger partial charge in [-0.3, -0.25) is 0 Å². The van der Waals surface area contributed by atoms with E-state index in [4.69, 9.17) is 19.9 Å². The van der Waals surface area contributed by atoms with Crippen LogP contribution in [0.4, 0.5) is 11.9 Å². The van der Waals surface area contributed by atoms with Crippen LogP contribution in [0.5, 0.6) is 0 Å². The molecule has 2 aromatic heterocycles. The van der Waals surface area contributed by atoms with Crippen molar-refractivity contribution in [3.63, 3.8) is 0 Å². The summed E-state index contributed by atoms with van der Waals surface area (Å²) in [6.45, 7) is 31.5. The Kier molecular flexibility index (Phi) is 19.1. The van der Waals surface area contributed by atoms with Crippen LogP contribution >= 0.6 is 0 Å². The van der Waals surface area contributed by atoms with Crippen molar-refractivity contribution in [1.82, 2.24) is 19.9 Å². The van der Waals surface area contributed by atoms with Crippen LogP contribution in [0, 0.1) is 97.9 Å². The van der Waals surface area contributed by atoms with Crippen molar-refractivity contribution in [3.8, 4) is 45.0 Å². The van der Waals surface area contributed by atoms with Gasteiger partial charge in [0.1, 0.15) is 0 Å². The van der Waals surface area contributed by atoms with Crippen LogP contribution in [-0.4, -0.2) is 33.0 Å². The van der Waals surface area contributed by atoms with Gasteiger partial charge >= 0.3 is 26.2 Å². The minimum absolute atomic E-state index is 0. The molecule has 0 aliphatic heterocycles. The quantitative estimate of drug-likeness (QED) is 0.128. The fraction of sp³-hybridized carbons (Fsp3) is 0.346. The van der Waals surface area contributed by atoms with E-state index in [2.05, 4.69) is 168 Å².